The Kier molecular flexibility index (Phi) is 7.30. The number of guanidine groups is 1. The minimum Gasteiger partial charge on any atom is -0.353 e. The largest absolute Gasteiger partial charge is 0.353 e. The van der Waals surface area contributed by atoms with E-state index in [9.17, 15) is 4.79 Å². The van der Waals surface area contributed by atoms with Crippen molar-refractivity contribution in [1.82, 2.24) is 20.5 Å². The molecule has 1 aliphatic heterocycles. The average Bonchev–Trinajstić information content (AvgIpc) is 3.19. The number of rotatable bonds is 6. The quantitative estimate of drug-likeness (QED) is 0.559. The van der Waals surface area contributed by atoms with Crippen molar-refractivity contribution in [2.45, 2.75) is 19.0 Å². The second-order valence-corrected chi connectivity index (χ2v) is 7.58. The van der Waals surface area contributed by atoms with Gasteiger partial charge in [0.05, 0.1) is 18.1 Å². The Balaban J connectivity index is 1.64. The topological polar surface area (TPSA) is 72.9 Å². The molecule has 2 N–H and O–H groups in total. The summed E-state index contributed by atoms with van der Waals surface area (Å²) in [6.07, 6.45) is 2.68. The van der Waals surface area contributed by atoms with Gasteiger partial charge in [0.1, 0.15) is 5.82 Å². The summed E-state index contributed by atoms with van der Waals surface area (Å²) in [6.45, 7) is 2.35. The van der Waals surface area contributed by atoms with Crippen molar-refractivity contribution >= 4 is 29.3 Å². The zero-order valence-electron chi connectivity index (χ0n) is 16.8. The van der Waals surface area contributed by atoms with Gasteiger partial charge >= 0.3 is 0 Å². The summed E-state index contributed by atoms with van der Waals surface area (Å²) in [7, 11) is 3.48. The number of benzene rings is 1. The van der Waals surface area contributed by atoms with Gasteiger partial charge in [0.2, 0.25) is 5.91 Å². The number of nitrogens with zero attached hydrogens (tertiary/aromatic N) is 4. The number of amides is 1. The van der Waals surface area contributed by atoms with Gasteiger partial charge in [0.25, 0.3) is 0 Å². The van der Waals surface area contributed by atoms with Gasteiger partial charge in [-0.3, -0.25) is 4.79 Å². The van der Waals surface area contributed by atoms with Crippen LogP contribution in [0.25, 0.3) is 0 Å². The molecule has 1 unspecified atom stereocenters. The van der Waals surface area contributed by atoms with Crippen LogP contribution in [0.2, 0.25) is 5.02 Å². The summed E-state index contributed by atoms with van der Waals surface area (Å²) in [6, 6.07) is 13.9. The molecule has 0 aliphatic carbocycles. The van der Waals surface area contributed by atoms with Crippen LogP contribution in [-0.2, 0) is 11.3 Å². The van der Waals surface area contributed by atoms with E-state index in [4.69, 9.17) is 11.6 Å². The maximum absolute atomic E-state index is 12.0. The highest BCUT2D eigenvalue weighted by atomic mass is 35.5. The van der Waals surface area contributed by atoms with Crippen LogP contribution in [0.1, 0.15) is 12.0 Å². The fraction of sp³-hybridized carbons (Fsp3) is 0.381. The zero-order valence-corrected chi connectivity index (χ0v) is 17.6. The molecule has 29 heavy (non-hydrogen) atoms. The molecule has 0 radical (unpaired) electrons. The van der Waals surface area contributed by atoms with Crippen LogP contribution in [0, 0.1) is 0 Å². The lowest BCUT2D eigenvalue weighted by Crippen LogP contribution is -2.47. The van der Waals surface area contributed by atoms with Crippen molar-refractivity contribution in [2.75, 3.05) is 38.6 Å². The molecule has 3 rings (SSSR count). The van der Waals surface area contributed by atoms with Crippen LogP contribution < -0.4 is 15.5 Å². The number of aliphatic imine (C=N–C) groups is 1. The third-order valence-electron chi connectivity index (χ3n) is 4.74. The second kappa shape index (κ2) is 10.1. The molecule has 8 heteroatoms. The molecule has 154 valence electrons. The number of carbonyl (C=O) groups excluding carboxylic acids is 1. The van der Waals surface area contributed by atoms with E-state index in [0.717, 1.165) is 30.9 Å². The van der Waals surface area contributed by atoms with Gasteiger partial charge in [0.15, 0.2) is 5.96 Å². The molecule has 1 aromatic carbocycles. The van der Waals surface area contributed by atoms with Gasteiger partial charge in [-0.05, 0) is 24.1 Å². The molecule has 7 nitrogen and oxygen atoms in total. The fourth-order valence-electron chi connectivity index (χ4n) is 3.10. The first-order valence-corrected chi connectivity index (χ1v) is 10.0. The number of halogens is 1. The van der Waals surface area contributed by atoms with E-state index in [0.29, 0.717) is 17.5 Å². The first kappa shape index (κ1) is 20.9. The van der Waals surface area contributed by atoms with Crippen molar-refractivity contribution in [2.24, 2.45) is 4.99 Å². The highest BCUT2D eigenvalue weighted by molar-refractivity contribution is 6.32. The molecular weight excluding hydrogens is 388 g/mol. The molecule has 2 aromatic rings. The lowest BCUT2D eigenvalue weighted by Gasteiger charge is -2.21. The third-order valence-corrected chi connectivity index (χ3v) is 5.03. The number of hydrogen-bond donors (Lipinski definition) is 2. The summed E-state index contributed by atoms with van der Waals surface area (Å²) in [5.74, 6) is 1.42. The van der Waals surface area contributed by atoms with E-state index in [-0.39, 0.29) is 18.5 Å². The number of hydrogen-bond acceptors (Lipinski definition) is 4. The third kappa shape index (κ3) is 6.09. The summed E-state index contributed by atoms with van der Waals surface area (Å²) in [5, 5.41) is 7.26. The molecule has 1 fully saturated rings. The summed E-state index contributed by atoms with van der Waals surface area (Å²) in [5.41, 5.74) is 1.11. The molecule has 1 saturated heterocycles. The number of aromatic nitrogens is 1. The predicted molar refractivity (Wildman–Crippen MR) is 117 cm³/mol. The van der Waals surface area contributed by atoms with Crippen LogP contribution >= 0.6 is 11.6 Å². The number of carbonyl (C=O) groups is 1. The van der Waals surface area contributed by atoms with Crippen LogP contribution in [0.5, 0.6) is 0 Å². The number of likely N-dealkylation sites (N-methyl/N-ethyl adjacent to an activating group) is 1. The Morgan fingerprint density at radius 1 is 1.28 bits per heavy atom. The minimum absolute atomic E-state index is 0.00692. The Labute approximate surface area is 176 Å². The van der Waals surface area contributed by atoms with Gasteiger partial charge < -0.3 is 20.4 Å². The molecule has 0 bridgehead atoms. The first-order chi connectivity index (χ1) is 14.0. The maximum Gasteiger partial charge on any atom is 0.241 e. The smallest absolute Gasteiger partial charge is 0.241 e. The second-order valence-electron chi connectivity index (χ2n) is 7.18. The van der Waals surface area contributed by atoms with E-state index in [1.807, 2.05) is 42.5 Å². The minimum atomic E-state index is -0.00692. The van der Waals surface area contributed by atoms with Crippen molar-refractivity contribution in [3.05, 3.63) is 59.2 Å². The van der Waals surface area contributed by atoms with Gasteiger partial charge in [-0.2, -0.15) is 0 Å². The molecular formula is C21H27ClN6O. The van der Waals surface area contributed by atoms with Crippen molar-refractivity contribution in [3.63, 3.8) is 0 Å². The summed E-state index contributed by atoms with van der Waals surface area (Å²) >= 11 is 6.29. The Morgan fingerprint density at radius 3 is 2.79 bits per heavy atom. The van der Waals surface area contributed by atoms with Gasteiger partial charge in [-0.25, -0.2) is 9.98 Å². The molecule has 1 aliphatic rings. The SMILES string of the molecule is CN(C)C(=O)CNC(=NCc1ccccc1)NC1CCN(c2ncccc2Cl)C1. The Bertz CT molecular complexity index is 842. The molecule has 1 aromatic heterocycles. The van der Waals surface area contributed by atoms with Gasteiger partial charge in [-0.15, -0.1) is 0 Å². The highest BCUT2D eigenvalue weighted by Gasteiger charge is 2.25. The predicted octanol–water partition coefficient (Wildman–Crippen LogP) is 2.14. The summed E-state index contributed by atoms with van der Waals surface area (Å²) < 4.78 is 0. The number of anilines is 1. The Morgan fingerprint density at radius 2 is 2.07 bits per heavy atom. The molecule has 1 atom stereocenters. The standard InChI is InChI=1S/C21H27ClN6O/c1-27(2)19(29)14-25-21(24-13-16-7-4-3-5-8-16)26-17-10-12-28(15-17)20-18(22)9-6-11-23-20/h3-9,11,17H,10,12-15H2,1-2H3,(H2,24,25,26). The fourth-order valence-corrected chi connectivity index (χ4v) is 3.34. The van der Waals surface area contributed by atoms with E-state index in [1.165, 1.54) is 0 Å². The van der Waals surface area contributed by atoms with Crippen LogP contribution in [0.3, 0.4) is 0 Å². The number of nitrogens with one attached hydrogen (secondary N) is 2. The van der Waals surface area contributed by atoms with Crippen molar-refractivity contribution in [3.8, 4) is 0 Å². The monoisotopic (exact) mass is 414 g/mol. The molecule has 2 heterocycles. The average molecular weight is 415 g/mol. The van der Waals surface area contributed by atoms with E-state index in [1.54, 1.807) is 25.2 Å². The molecule has 0 spiro atoms. The maximum atomic E-state index is 12.0. The lowest BCUT2D eigenvalue weighted by atomic mass is 10.2. The van der Waals surface area contributed by atoms with E-state index >= 15 is 0 Å². The van der Waals surface area contributed by atoms with Crippen LogP contribution in [-0.4, -0.2) is 61.5 Å². The lowest BCUT2D eigenvalue weighted by molar-refractivity contribution is -0.127. The zero-order chi connectivity index (χ0) is 20.6. The normalized spacial score (nSPS) is 16.6. The van der Waals surface area contributed by atoms with Crippen LogP contribution in [0.15, 0.2) is 53.7 Å². The van der Waals surface area contributed by atoms with Gasteiger partial charge in [-0.1, -0.05) is 41.9 Å². The summed E-state index contributed by atoms with van der Waals surface area (Å²) in [4.78, 5) is 24.8. The Hall–Kier alpha value is -2.80. The highest BCUT2D eigenvalue weighted by Crippen LogP contribution is 2.25. The molecule has 1 amide bonds. The first-order valence-electron chi connectivity index (χ1n) is 9.67. The van der Waals surface area contributed by atoms with Crippen molar-refractivity contribution in [1.29, 1.82) is 0 Å². The van der Waals surface area contributed by atoms with E-state index < -0.39 is 0 Å². The van der Waals surface area contributed by atoms with E-state index in [2.05, 4.69) is 25.5 Å². The van der Waals surface area contributed by atoms with Gasteiger partial charge in [0, 0.05) is 39.4 Å². The van der Waals surface area contributed by atoms with Crippen molar-refractivity contribution < 1.29 is 4.79 Å². The molecule has 0 saturated carbocycles. The number of pyridine rings is 1. The van der Waals surface area contributed by atoms with Crippen LogP contribution in [0.4, 0.5) is 5.82 Å².